The van der Waals surface area contributed by atoms with E-state index in [1.807, 2.05) is 0 Å². The predicted octanol–water partition coefficient (Wildman–Crippen LogP) is 3.73. The Hall–Kier alpha value is 1.34. The first-order valence-electron chi connectivity index (χ1n) is 6.01. The van der Waals surface area contributed by atoms with Crippen molar-refractivity contribution in [3.8, 4) is 0 Å². The van der Waals surface area contributed by atoms with Crippen LogP contribution in [0.1, 0.15) is 0 Å². The maximum atomic E-state index is 11.3. The van der Waals surface area contributed by atoms with Crippen molar-refractivity contribution in [2.45, 2.75) is 0 Å². The maximum Gasteiger partial charge on any atom is 0.697 e. The Morgan fingerprint density at radius 1 is 0.700 bits per heavy atom. The number of hydrogen-bond acceptors (Lipinski definition) is 9. The van der Waals surface area contributed by atoms with Crippen molar-refractivity contribution in [3.05, 3.63) is 0 Å². The van der Waals surface area contributed by atoms with Gasteiger partial charge in [-0.2, -0.15) is 0 Å². The zero-order valence-electron chi connectivity index (χ0n) is 11.8. The van der Waals surface area contributed by atoms with Gasteiger partial charge in [-0.25, -0.2) is 0 Å². The largest absolute Gasteiger partial charge is 0.697 e. The van der Waals surface area contributed by atoms with E-state index in [0.29, 0.717) is 13.2 Å². The van der Waals surface area contributed by atoms with E-state index in [1.165, 1.54) is 0 Å². The van der Waals surface area contributed by atoms with Crippen molar-refractivity contribution in [3.63, 3.8) is 0 Å². The van der Waals surface area contributed by atoms with E-state index >= 15 is 0 Å². The smallest absolute Gasteiger partial charge is 0.384 e. The minimum Gasteiger partial charge on any atom is -0.384 e. The summed E-state index contributed by atoms with van der Waals surface area (Å²) in [6.07, 6.45) is 0. The summed E-state index contributed by atoms with van der Waals surface area (Å²) in [5.74, 6) is 3.48. The standard InChI is InChI=1S/C10H22O5PS4/c1-12-3-7-17-19-9-5-14-16(11)15-6-10-20-18-8-4-13-2/h3-10H2,1-2H3/q+1. The lowest BCUT2D eigenvalue weighted by Gasteiger charge is -1.98. The van der Waals surface area contributed by atoms with Crippen molar-refractivity contribution in [2.24, 2.45) is 0 Å². The summed E-state index contributed by atoms with van der Waals surface area (Å²) in [6, 6.07) is 0. The zero-order chi connectivity index (χ0) is 14.9. The molecule has 0 aliphatic heterocycles. The van der Waals surface area contributed by atoms with E-state index in [4.69, 9.17) is 18.5 Å². The molecular weight excluding hydrogens is 359 g/mol. The third kappa shape index (κ3) is 17.4. The van der Waals surface area contributed by atoms with Crippen molar-refractivity contribution >= 4 is 51.4 Å². The quantitative estimate of drug-likeness (QED) is 0.226. The van der Waals surface area contributed by atoms with Gasteiger partial charge in [0.2, 0.25) is 0 Å². The fourth-order valence-electron chi connectivity index (χ4n) is 0.799. The fourth-order valence-corrected chi connectivity index (χ4v) is 5.08. The van der Waals surface area contributed by atoms with Crippen LogP contribution in [-0.2, 0) is 23.1 Å². The van der Waals surface area contributed by atoms with Crippen molar-refractivity contribution in [1.82, 2.24) is 0 Å². The number of methoxy groups -OCH3 is 2. The van der Waals surface area contributed by atoms with Gasteiger partial charge in [-0.05, 0) is 0 Å². The second-order valence-corrected chi connectivity index (χ2v) is 9.53. The highest BCUT2D eigenvalue weighted by Gasteiger charge is 2.19. The third-order valence-corrected chi connectivity index (χ3v) is 7.09. The van der Waals surface area contributed by atoms with E-state index in [-0.39, 0.29) is 0 Å². The van der Waals surface area contributed by atoms with Crippen LogP contribution in [0.25, 0.3) is 0 Å². The van der Waals surface area contributed by atoms with Gasteiger partial charge in [0.15, 0.2) is 0 Å². The fraction of sp³-hybridized carbons (Fsp3) is 1.00. The predicted molar refractivity (Wildman–Crippen MR) is 93.1 cm³/mol. The summed E-state index contributed by atoms with van der Waals surface area (Å²) >= 11 is 0. The molecule has 0 aliphatic carbocycles. The molecule has 0 radical (unpaired) electrons. The van der Waals surface area contributed by atoms with Gasteiger partial charge in [-0.15, -0.1) is 9.05 Å². The van der Waals surface area contributed by atoms with E-state index < -0.39 is 8.25 Å². The summed E-state index contributed by atoms with van der Waals surface area (Å²) < 4.78 is 31.4. The summed E-state index contributed by atoms with van der Waals surface area (Å²) in [5, 5.41) is 0. The molecule has 0 heterocycles. The van der Waals surface area contributed by atoms with Crippen LogP contribution in [0, 0.1) is 0 Å². The molecule has 0 N–H and O–H groups in total. The van der Waals surface area contributed by atoms with E-state index in [9.17, 15) is 4.57 Å². The molecule has 0 aliphatic rings. The highest BCUT2D eigenvalue weighted by Crippen LogP contribution is 2.27. The molecule has 0 unspecified atom stereocenters. The van der Waals surface area contributed by atoms with Crippen molar-refractivity contribution in [1.29, 1.82) is 0 Å². The summed E-state index contributed by atoms with van der Waals surface area (Å²) in [6.45, 7) is 2.37. The average Bonchev–Trinajstić information content (AvgIpc) is 2.45. The van der Waals surface area contributed by atoms with Gasteiger partial charge in [-0.3, -0.25) is 0 Å². The van der Waals surface area contributed by atoms with E-state index in [2.05, 4.69) is 0 Å². The molecule has 5 nitrogen and oxygen atoms in total. The van der Waals surface area contributed by atoms with Crippen LogP contribution in [0.3, 0.4) is 0 Å². The highest BCUT2D eigenvalue weighted by molar-refractivity contribution is 8.77. The van der Waals surface area contributed by atoms with Crippen LogP contribution in [0.4, 0.5) is 0 Å². The molecule has 0 rings (SSSR count). The van der Waals surface area contributed by atoms with Crippen LogP contribution in [0.15, 0.2) is 0 Å². The molecule has 0 atom stereocenters. The van der Waals surface area contributed by atoms with Crippen LogP contribution >= 0.6 is 51.4 Å². The molecule has 0 fully saturated rings. The van der Waals surface area contributed by atoms with Gasteiger partial charge in [-0.1, -0.05) is 43.2 Å². The molecule has 0 aromatic carbocycles. The van der Waals surface area contributed by atoms with Crippen molar-refractivity contribution in [2.75, 3.05) is 63.7 Å². The molecule has 0 amide bonds. The number of hydrogen-bond donors (Lipinski definition) is 0. The molecule has 0 saturated carbocycles. The van der Waals surface area contributed by atoms with Gasteiger partial charge in [0.25, 0.3) is 0 Å². The first-order valence-corrected chi connectivity index (χ1v) is 12.1. The monoisotopic (exact) mass is 381 g/mol. The van der Waals surface area contributed by atoms with Gasteiger partial charge in [0, 0.05) is 41.8 Å². The normalized spacial score (nSPS) is 10.9. The number of ether oxygens (including phenoxy) is 2. The van der Waals surface area contributed by atoms with Crippen molar-refractivity contribution < 1.29 is 23.1 Å². The summed E-state index contributed by atoms with van der Waals surface area (Å²) in [7, 11) is 8.20. The Balaban J connectivity index is 3.13. The molecule has 0 bridgehead atoms. The van der Waals surface area contributed by atoms with Crippen LogP contribution in [0.5, 0.6) is 0 Å². The molecule has 0 aromatic rings. The van der Waals surface area contributed by atoms with Gasteiger partial charge in [0.05, 0.1) is 13.2 Å². The average molecular weight is 382 g/mol. The van der Waals surface area contributed by atoms with Crippen LogP contribution in [-0.4, -0.2) is 63.7 Å². The van der Waals surface area contributed by atoms with E-state index in [0.717, 1.165) is 36.2 Å². The maximum absolute atomic E-state index is 11.3. The van der Waals surface area contributed by atoms with E-state index in [1.54, 1.807) is 57.4 Å². The lowest BCUT2D eigenvalue weighted by Crippen LogP contribution is -1.95. The first-order chi connectivity index (χ1) is 9.81. The molecule has 10 heteroatoms. The van der Waals surface area contributed by atoms with Gasteiger partial charge >= 0.3 is 8.25 Å². The summed E-state index contributed by atoms with van der Waals surface area (Å²) in [5.41, 5.74) is 0. The number of rotatable bonds is 16. The first kappa shape index (κ1) is 21.3. The molecule has 120 valence electrons. The molecule has 0 saturated heterocycles. The SMILES string of the molecule is COCCSSCCO[P+](=O)OCCSSCCOC. The molecule has 0 aromatic heterocycles. The minimum absolute atomic E-state index is 0.440. The topological polar surface area (TPSA) is 54.0 Å². The minimum atomic E-state index is -1.98. The second-order valence-electron chi connectivity index (χ2n) is 3.16. The lowest BCUT2D eigenvalue weighted by molar-refractivity contribution is 0.219. The Morgan fingerprint density at radius 3 is 1.40 bits per heavy atom. The molecule has 20 heavy (non-hydrogen) atoms. The van der Waals surface area contributed by atoms with Crippen LogP contribution in [0.2, 0.25) is 0 Å². The molecular formula is C10H22O5PS4+. The van der Waals surface area contributed by atoms with Gasteiger partial charge < -0.3 is 9.47 Å². The Labute approximate surface area is 138 Å². The lowest BCUT2D eigenvalue weighted by atomic mass is 10.9. The van der Waals surface area contributed by atoms with Crippen LogP contribution < -0.4 is 0 Å². The summed E-state index contributed by atoms with van der Waals surface area (Å²) in [4.78, 5) is 0. The Kier molecular flexibility index (Phi) is 19.6. The Bertz CT molecular complexity index is 206. The highest BCUT2D eigenvalue weighted by atomic mass is 33.1. The zero-order valence-corrected chi connectivity index (χ0v) is 15.9. The third-order valence-electron chi connectivity index (χ3n) is 1.63. The Morgan fingerprint density at radius 2 is 1.05 bits per heavy atom. The second kappa shape index (κ2) is 18.4. The van der Waals surface area contributed by atoms with Gasteiger partial charge in [0.1, 0.15) is 13.2 Å². The molecule has 0 spiro atoms.